The van der Waals surface area contributed by atoms with Crippen molar-refractivity contribution in [2.24, 2.45) is 23.7 Å². The Kier molecular flexibility index (Phi) is 9.22. The van der Waals surface area contributed by atoms with Crippen molar-refractivity contribution in [1.29, 1.82) is 0 Å². The first kappa shape index (κ1) is 28.5. The van der Waals surface area contributed by atoms with Gasteiger partial charge in [-0.25, -0.2) is 4.58 Å². The zero-order chi connectivity index (χ0) is 27.4. The Labute approximate surface area is 223 Å². The Morgan fingerprint density at radius 1 is 0.757 bits per heavy atom. The van der Waals surface area contributed by atoms with Crippen molar-refractivity contribution in [2.75, 3.05) is 31.1 Å². The normalized spacial score (nSPS) is 15.7. The molecule has 2 aliphatic rings. The minimum atomic E-state index is -0.240. The highest BCUT2D eigenvalue weighted by Crippen LogP contribution is 2.42. The first-order chi connectivity index (χ1) is 17.4. The number of hydrogen-bond acceptors (Lipinski definition) is 4. The van der Waals surface area contributed by atoms with Crippen molar-refractivity contribution >= 4 is 22.8 Å². The van der Waals surface area contributed by atoms with Crippen LogP contribution in [0.4, 0.5) is 5.69 Å². The Hall–Kier alpha value is -3.08. The second-order valence-corrected chi connectivity index (χ2v) is 12.1. The second-order valence-electron chi connectivity index (χ2n) is 12.1. The molecule has 0 atom stereocenters. The summed E-state index contributed by atoms with van der Waals surface area (Å²) in [4.78, 5) is 15.4. The first-order valence-electron chi connectivity index (χ1n) is 13.7. The number of carbonyl (C=O) groups is 1. The summed E-state index contributed by atoms with van der Waals surface area (Å²) >= 11 is 0. The molecule has 3 rings (SSSR count). The van der Waals surface area contributed by atoms with E-state index in [1.807, 2.05) is 30.4 Å². The SMILES string of the molecule is CC(C)CN(CC(C)C)c1ccc(C2=C(O)C(=C3C=CC(=[N+](CC(C)C)CC(C)C)C=C3)C2=O)c(O)c1. The number of rotatable bonds is 10. The van der Waals surface area contributed by atoms with E-state index in [-0.39, 0.29) is 22.9 Å². The number of aliphatic hydroxyl groups excluding tert-OH is 1. The summed E-state index contributed by atoms with van der Waals surface area (Å²) in [5.41, 5.74) is 3.60. The van der Waals surface area contributed by atoms with Crippen molar-refractivity contribution in [3.8, 4) is 5.75 Å². The van der Waals surface area contributed by atoms with Crippen LogP contribution in [-0.2, 0) is 4.79 Å². The maximum absolute atomic E-state index is 13.2. The molecule has 0 aliphatic heterocycles. The van der Waals surface area contributed by atoms with Gasteiger partial charge in [0.05, 0.1) is 11.1 Å². The minimum Gasteiger partial charge on any atom is -0.507 e. The molecule has 2 N–H and O–H groups in total. The lowest BCUT2D eigenvalue weighted by Crippen LogP contribution is -2.31. The van der Waals surface area contributed by atoms with Gasteiger partial charge in [0.1, 0.15) is 24.6 Å². The average Bonchev–Trinajstić information content (AvgIpc) is 2.79. The van der Waals surface area contributed by atoms with E-state index in [1.54, 1.807) is 12.1 Å². The fraction of sp³-hybridized carbons (Fsp3) is 0.500. The fourth-order valence-electron chi connectivity index (χ4n) is 5.02. The summed E-state index contributed by atoms with van der Waals surface area (Å²) in [6.45, 7) is 21.2. The van der Waals surface area contributed by atoms with E-state index in [4.69, 9.17) is 0 Å². The van der Waals surface area contributed by atoms with E-state index in [0.29, 0.717) is 40.4 Å². The van der Waals surface area contributed by atoms with Gasteiger partial charge in [-0.05, 0) is 41.7 Å². The largest absolute Gasteiger partial charge is 0.507 e. The third-order valence-electron chi connectivity index (χ3n) is 6.41. The number of aromatic hydroxyl groups is 1. The maximum atomic E-state index is 13.2. The van der Waals surface area contributed by atoms with Gasteiger partial charge in [0.2, 0.25) is 5.78 Å². The molecule has 0 spiro atoms. The number of benzene rings is 1. The van der Waals surface area contributed by atoms with Gasteiger partial charge in [0, 0.05) is 54.4 Å². The predicted molar refractivity (Wildman–Crippen MR) is 155 cm³/mol. The summed E-state index contributed by atoms with van der Waals surface area (Å²) in [6, 6.07) is 5.38. The van der Waals surface area contributed by atoms with E-state index >= 15 is 0 Å². The van der Waals surface area contributed by atoms with Gasteiger partial charge >= 0.3 is 0 Å². The highest BCUT2D eigenvalue weighted by Gasteiger charge is 2.38. The monoisotopic (exact) mass is 505 g/mol. The lowest BCUT2D eigenvalue weighted by molar-refractivity contribution is -0.538. The topological polar surface area (TPSA) is 63.8 Å². The van der Waals surface area contributed by atoms with Crippen LogP contribution in [0.5, 0.6) is 5.75 Å². The molecule has 0 fully saturated rings. The first-order valence-corrected chi connectivity index (χ1v) is 13.7. The predicted octanol–water partition coefficient (Wildman–Crippen LogP) is 6.55. The van der Waals surface area contributed by atoms with E-state index < -0.39 is 0 Å². The van der Waals surface area contributed by atoms with Crippen molar-refractivity contribution in [3.63, 3.8) is 0 Å². The highest BCUT2D eigenvalue weighted by molar-refractivity contribution is 6.40. The molecule has 0 radical (unpaired) electrons. The van der Waals surface area contributed by atoms with E-state index in [2.05, 4.69) is 64.9 Å². The minimum absolute atomic E-state index is 0.0114. The molecule has 0 amide bonds. The second kappa shape index (κ2) is 12.0. The lowest BCUT2D eigenvalue weighted by Gasteiger charge is -2.29. The lowest BCUT2D eigenvalue weighted by atomic mass is 9.79. The van der Waals surface area contributed by atoms with Crippen LogP contribution in [0.25, 0.3) is 5.57 Å². The average molecular weight is 506 g/mol. The van der Waals surface area contributed by atoms with Gasteiger partial charge in [0.15, 0.2) is 5.71 Å². The smallest absolute Gasteiger partial charge is 0.201 e. The van der Waals surface area contributed by atoms with Gasteiger partial charge in [-0.3, -0.25) is 4.79 Å². The highest BCUT2D eigenvalue weighted by atomic mass is 16.3. The van der Waals surface area contributed by atoms with Crippen LogP contribution in [0.15, 0.2) is 59.4 Å². The number of allylic oxidation sites excluding steroid dienone is 7. The number of ketones is 1. The Balaban J connectivity index is 1.90. The number of hydrogen-bond donors (Lipinski definition) is 2. The number of phenolic OH excluding ortho intramolecular Hbond substituents is 1. The third-order valence-corrected chi connectivity index (χ3v) is 6.41. The zero-order valence-corrected chi connectivity index (χ0v) is 23.9. The Morgan fingerprint density at radius 3 is 1.73 bits per heavy atom. The van der Waals surface area contributed by atoms with Crippen LogP contribution in [-0.4, -0.2) is 52.5 Å². The molecule has 1 aromatic rings. The molecule has 0 unspecified atom stereocenters. The summed E-state index contributed by atoms with van der Waals surface area (Å²) in [6.07, 6.45) is 7.86. The quantitative estimate of drug-likeness (QED) is 0.280. The molecule has 5 nitrogen and oxygen atoms in total. The van der Waals surface area contributed by atoms with E-state index in [0.717, 1.165) is 37.6 Å². The maximum Gasteiger partial charge on any atom is 0.201 e. The number of Topliss-reactive ketones (excluding diaryl/α,β-unsaturated/α-hetero) is 1. The molecular weight excluding hydrogens is 460 g/mol. The molecule has 1 aromatic carbocycles. The van der Waals surface area contributed by atoms with Gasteiger partial charge in [-0.1, -0.05) is 55.4 Å². The summed E-state index contributed by atoms with van der Waals surface area (Å²) in [7, 11) is 0. The van der Waals surface area contributed by atoms with Gasteiger partial charge in [0.25, 0.3) is 0 Å². The molecule has 0 heterocycles. The van der Waals surface area contributed by atoms with Crippen molar-refractivity contribution in [3.05, 3.63) is 65.0 Å². The van der Waals surface area contributed by atoms with Crippen LogP contribution in [0, 0.1) is 23.7 Å². The Morgan fingerprint density at radius 2 is 1.30 bits per heavy atom. The van der Waals surface area contributed by atoms with Gasteiger partial charge in [-0.2, -0.15) is 0 Å². The molecule has 200 valence electrons. The van der Waals surface area contributed by atoms with E-state index in [9.17, 15) is 15.0 Å². The summed E-state index contributed by atoms with van der Waals surface area (Å²) in [5.74, 6) is 1.75. The molecule has 2 aliphatic carbocycles. The van der Waals surface area contributed by atoms with Crippen LogP contribution < -0.4 is 4.90 Å². The number of carbonyl (C=O) groups excluding carboxylic acids is 1. The van der Waals surface area contributed by atoms with Gasteiger partial charge in [-0.15, -0.1) is 0 Å². The van der Waals surface area contributed by atoms with Crippen molar-refractivity contribution in [1.82, 2.24) is 0 Å². The van der Waals surface area contributed by atoms with Crippen LogP contribution in [0.3, 0.4) is 0 Å². The van der Waals surface area contributed by atoms with Crippen LogP contribution in [0.2, 0.25) is 0 Å². The number of anilines is 1. The molecular formula is C32H45N2O3+. The third kappa shape index (κ3) is 6.82. The Bertz CT molecular complexity index is 1140. The zero-order valence-electron chi connectivity index (χ0n) is 23.9. The summed E-state index contributed by atoms with van der Waals surface area (Å²) in [5, 5.41) is 21.7. The fourth-order valence-corrected chi connectivity index (χ4v) is 5.02. The van der Waals surface area contributed by atoms with Crippen molar-refractivity contribution in [2.45, 2.75) is 55.4 Å². The van der Waals surface area contributed by atoms with Gasteiger partial charge < -0.3 is 15.1 Å². The summed E-state index contributed by atoms with van der Waals surface area (Å²) < 4.78 is 2.37. The molecule has 37 heavy (non-hydrogen) atoms. The van der Waals surface area contributed by atoms with Crippen LogP contribution in [0.1, 0.15) is 61.0 Å². The van der Waals surface area contributed by atoms with Crippen LogP contribution >= 0.6 is 0 Å². The number of phenols is 1. The van der Waals surface area contributed by atoms with E-state index in [1.165, 1.54) is 0 Å². The van der Waals surface area contributed by atoms with Crippen molar-refractivity contribution < 1.29 is 19.6 Å². The molecule has 5 heteroatoms. The molecule has 0 saturated heterocycles. The standard InChI is InChI=1S/C32H44N2O3/c1-20(2)16-33(17-21(3)4)25-11-9-24(10-12-25)29-31(36)30(32(29)37)27-14-13-26(15-28(27)35)34(18-22(5)6)19-23(7)8/h9-15,20-23H,16-19H2,1-8H3,(H,36,37)/p+1. The molecule has 0 saturated carbocycles. The number of nitrogens with zero attached hydrogens (tertiary/aromatic N) is 2. The molecule has 0 bridgehead atoms. The molecule has 0 aromatic heterocycles. The number of aliphatic hydroxyl groups is 1.